The van der Waals surface area contributed by atoms with Crippen molar-refractivity contribution in [2.75, 3.05) is 5.01 Å². The lowest BCUT2D eigenvalue weighted by atomic mass is 10.1. The molecule has 0 aliphatic carbocycles. The standard InChI is InChI=1S/C20H14ClN3O4S2/c1-11-3-4-12(2)22(11)23-19(25)18(30-20(23)29)10-14-6-8-17(28-14)13-5-7-15(21)16(9-13)24(26)27/h3-10H,1-2H3/b18-10+. The number of benzene rings is 1. The normalized spacial score (nSPS) is 15.4. The second kappa shape index (κ2) is 7.75. The fourth-order valence-corrected chi connectivity index (χ4v) is 4.54. The molecule has 0 bridgehead atoms. The van der Waals surface area contributed by atoms with E-state index in [1.807, 2.05) is 26.0 Å². The van der Waals surface area contributed by atoms with E-state index < -0.39 is 4.92 Å². The minimum atomic E-state index is -0.549. The van der Waals surface area contributed by atoms with Crippen LogP contribution in [0.25, 0.3) is 17.4 Å². The van der Waals surface area contributed by atoms with Gasteiger partial charge in [0.25, 0.3) is 11.6 Å². The van der Waals surface area contributed by atoms with Crippen molar-refractivity contribution < 1.29 is 14.1 Å². The number of rotatable bonds is 4. The molecule has 0 saturated carbocycles. The Hall–Kier alpha value is -2.88. The van der Waals surface area contributed by atoms with E-state index in [-0.39, 0.29) is 16.6 Å². The molecule has 3 aromatic rings. The molecular formula is C20H14ClN3O4S2. The van der Waals surface area contributed by atoms with E-state index in [0.29, 0.717) is 26.3 Å². The number of nitro groups is 1. The van der Waals surface area contributed by atoms with Gasteiger partial charge in [-0.1, -0.05) is 23.4 Å². The smallest absolute Gasteiger partial charge is 0.288 e. The lowest BCUT2D eigenvalue weighted by Crippen LogP contribution is -2.39. The Kier molecular flexibility index (Phi) is 5.27. The van der Waals surface area contributed by atoms with Crippen LogP contribution >= 0.6 is 35.6 Å². The number of aryl methyl sites for hydroxylation is 2. The van der Waals surface area contributed by atoms with E-state index in [2.05, 4.69) is 0 Å². The maximum atomic E-state index is 13.0. The highest BCUT2D eigenvalue weighted by Gasteiger charge is 2.35. The minimum absolute atomic E-state index is 0.0507. The molecule has 30 heavy (non-hydrogen) atoms. The summed E-state index contributed by atoms with van der Waals surface area (Å²) in [7, 11) is 0. The Morgan fingerprint density at radius 1 is 1.17 bits per heavy atom. The van der Waals surface area contributed by atoms with Gasteiger partial charge in [-0.3, -0.25) is 19.6 Å². The molecule has 0 spiro atoms. The Bertz CT molecular complexity index is 1230. The summed E-state index contributed by atoms with van der Waals surface area (Å²) in [5.41, 5.74) is 2.10. The zero-order valence-corrected chi connectivity index (χ0v) is 18.2. The molecule has 10 heteroatoms. The molecule has 4 rings (SSSR count). The van der Waals surface area contributed by atoms with E-state index >= 15 is 0 Å². The zero-order valence-electron chi connectivity index (χ0n) is 15.8. The zero-order chi connectivity index (χ0) is 21.6. The quantitative estimate of drug-likeness (QED) is 0.223. The first-order valence-electron chi connectivity index (χ1n) is 8.73. The van der Waals surface area contributed by atoms with Crippen LogP contribution in [0, 0.1) is 24.0 Å². The highest BCUT2D eigenvalue weighted by molar-refractivity contribution is 8.27. The second-order valence-electron chi connectivity index (χ2n) is 6.55. The topological polar surface area (TPSA) is 81.5 Å². The number of carbonyl (C=O) groups excluding carboxylic acids is 1. The monoisotopic (exact) mass is 459 g/mol. The third kappa shape index (κ3) is 3.55. The number of thioether (sulfide) groups is 1. The maximum Gasteiger partial charge on any atom is 0.288 e. The Morgan fingerprint density at radius 2 is 1.87 bits per heavy atom. The van der Waals surface area contributed by atoms with Gasteiger partial charge in [-0.05, 0) is 62.5 Å². The van der Waals surface area contributed by atoms with E-state index in [1.54, 1.807) is 29.0 Å². The van der Waals surface area contributed by atoms with Crippen molar-refractivity contribution in [2.45, 2.75) is 13.8 Å². The first-order chi connectivity index (χ1) is 14.3. The van der Waals surface area contributed by atoms with Crippen molar-refractivity contribution in [3.63, 3.8) is 0 Å². The van der Waals surface area contributed by atoms with Gasteiger partial charge >= 0.3 is 0 Å². The third-order valence-electron chi connectivity index (χ3n) is 4.53. The molecule has 0 atom stereocenters. The van der Waals surface area contributed by atoms with Crippen LogP contribution in [-0.4, -0.2) is 19.8 Å². The number of nitrogens with zero attached hydrogens (tertiary/aromatic N) is 3. The number of hydrogen-bond donors (Lipinski definition) is 0. The molecule has 1 saturated heterocycles. The van der Waals surface area contributed by atoms with Gasteiger partial charge in [-0.2, -0.15) is 5.01 Å². The minimum Gasteiger partial charge on any atom is -0.457 e. The van der Waals surface area contributed by atoms with Gasteiger partial charge in [0, 0.05) is 29.1 Å². The number of amides is 1. The van der Waals surface area contributed by atoms with Crippen LogP contribution in [0.3, 0.4) is 0 Å². The molecule has 1 amide bonds. The number of aromatic nitrogens is 1. The van der Waals surface area contributed by atoms with Gasteiger partial charge in [-0.15, -0.1) is 0 Å². The number of carbonyl (C=O) groups is 1. The number of halogens is 1. The van der Waals surface area contributed by atoms with E-state index in [4.69, 9.17) is 28.2 Å². The van der Waals surface area contributed by atoms with Crippen molar-refractivity contribution in [2.24, 2.45) is 0 Å². The van der Waals surface area contributed by atoms with Crippen LogP contribution in [0.2, 0.25) is 5.02 Å². The van der Waals surface area contributed by atoms with Crippen LogP contribution in [-0.2, 0) is 4.79 Å². The number of furan rings is 1. The lowest BCUT2D eigenvalue weighted by molar-refractivity contribution is -0.384. The second-order valence-corrected chi connectivity index (χ2v) is 8.63. The van der Waals surface area contributed by atoms with Gasteiger partial charge < -0.3 is 4.42 Å². The number of hydrogen-bond acceptors (Lipinski definition) is 6. The fraction of sp³-hybridized carbons (Fsp3) is 0.100. The fourth-order valence-electron chi connectivity index (χ4n) is 3.13. The molecular weight excluding hydrogens is 446 g/mol. The average Bonchev–Trinajstić information content (AvgIpc) is 3.36. The van der Waals surface area contributed by atoms with Gasteiger partial charge in [0.05, 0.1) is 9.83 Å². The van der Waals surface area contributed by atoms with Crippen molar-refractivity contribution in [3.8, 4) is 11.3 Å². The van der Waals surface area contributed by atoms with Crippen molar-refractivity contribution >= 4 is 57.6 Å². The molecule has 0 radical (unpaired) electrons. The van der Waals surface area contributed by atoms with Gasteiger partial charge in [0.1, 0.15) is 16.5 Å². The van der Waals surface area contributed by atoms with Crippen molar-refractivity contribution in [1.29, 1.82) is 0 Å². The Balaban J connectivity index is 1.64. The van der Waals surface area contributed by atoms with Gasteiger partial charge in [-0.25, -0.2) is 0 Å². The van der Waals surface area contributed by atoms with Crippen LogP contribution in [0.4, 0.5) is 5.69 Å². The van der Waals surface area contributed by atoms with Crippen LogP contribution < -0.4 is 5.01 Å². The molecule has 1 aliphatic rings. The predicted molar refractivity (Wildman–Crippen MR) is 121 cm³/mol. The highest BCUT2D eigenvalue weighted by atomic mass is 35.5. The van der Waals surface area contributed by atoms with Crippen molar-refractivity contribution in [1.82, 2.24) is 4.68 Å². The predicted octanol–water partition coefficient (Wildman–Crippen LogP) is 5.46. The third-order valence-corrected chi connectivity index (χ3v) is 6.14. The summed E-state index contributed by atoms with van der Waals surface area (Å²) in [6, 6.07) is 11.6. The molecule has 2 aromatic heterocycles. The van der Waals surface area contributed by atoms with E-state index in [9.17, 15) is 14.9 Å². The number of nitro benzene ring substituents is 1. The van der Waals surface area contributed by atoms with E-state index in [0.717, 1.165) is 11.4 Å². The van der Waals surface area contributed by atoms with Gasteiger partial charge in [0.15, 0.2) is 4.32 Å². The first-order valence-corrected chi connectivity index (χ1v) is 10.3. The Morgan fingerprint density at radius 3 is 2.53 bits per heavy atom. The first kappa shape index (κ1) is 20.4. The highest BCUT2D eigenvalue weighted by Crippen LogP contribution is 2.35. The SMILES string of the molecule is Cc1ccc(C)n1N1C(=O)/C(=C\c2ccc(-c3ccc(Cl)c([N+](=O)[O-])c3)o2)SC1=S. The molecule has 3 heterocycles. The molecule has 0 N–H and O–H groups in total. The lowest BCUT2D eigenvalue weighted by Gasteiger charge is -2.20. The summed E-state index contributed by atoms with van der Waals surface area (Å²) >= 11 is 12.5. The molecule has 0 unspecified atom stereocenters. The maximum absolute atomic E-state index is 13.0. The van der Waals surface area contributed by atoms with Crippen LogP contribution in [0.5, 0.6) is 0 Å². The largest absolute Gasteiger partial charge is 0.457 e. The molecule has 1 aromatic carbocycles. The van der Waals surface area contributed by atoms with Gasteiger partial charge in [0.2, 0.25) is 0 Å². The summed E-state index contributed by atoms with van der Waals surface area (Å²) in [6.45, 7) is 3.80. The summed E-state index contributed by atoms with van der Waals surface area (Å²) in [4.78, 5) is 23.9. The number of thiocarbonyl (C=S) groups is 1. The van der Waals surface area contributed by atoms with E-state index in [1.165, 1.54) is 28.9 Å². The van der Waals surface area contributed by atoms with Crippen molar-refractivity contribution in [3.05, 3.63) is 79.7 Å². The molecule has 152 valence electrons. The van der Waals surface area contributed by atoms with Crippen LogP contribution in [0.15, 0.2) is 51.8 Å². The molecule has 1 fully saturated rings. The summed E-state index contributed by atoms with van der Waals surface area (Å²) in [5, 5.41) is 12.6. The molecule has 7 nitrogen and oxygen atoms in total. The summed E-state index contributed by atoms with van der Waals surface area (Å²) < 4.78 is 7.99. The Labute approximate surface area is 186 Å². The van der Waals surface area contributed by atoms with Crippen LogP contribution in [0.1, 0.15) is 17.1 Å². The molecule has 1 aliphatic heterocycles. The summed E-state index contributed by atoms with van der Waals surface area (Å²) in [5.74, 6) is 0.616. The average molecular weight is 460 g/mol. The summed E-state index contributed by atoms with van der Waals surface area (Å²) in [6.07, 6.45) is 1.61.